The molecule has 2 aromatic rings. The van der Waals surface area contributed by atoms with Gasteiger partial charge in [-0.2, -0.15) is 0 Å². The van der Waals surface area contributed by atoms with Gasteiger partial charge in [0, 0.05) is 5.69 Å². The molecule has 1 aliphatic rings. The maximum Gasteiger partial charge on any atom is 0.341 e. The maximum atomic E-state index is 13.9. The molecule has 5 nitrogen and oxygen atoms in total. The van der Waals surface area contributed by atoms with Crippen molar-refractivity contribution in [1.29, 1.82) is 0 Å². The monoisotopic (exact) mass is 357 g/mol. The van der Waals surface area contributed by atoms with E-state index in [4.69, 9.17) is 9.84 Å². The zero-order valence-electron chi connectivity index (χ0n) is 14.4. The van der Waals surface area contributed by atoms with Gasteiger partial charge in [0.05, 0.1) is 5.41 Å². The number of ether oxygens (including phenoxy) is 1. The van der Waals surface area contributed by atoms with Crippen molar-refractivity contribution in [2.24, 2.45) is 5.41 Å². The first-order valence-electron chi connectivity index (χ1n) is 8.40. The number of hydrogen-bond donors (Lipinski definition) is 2. The highest BCUT2D eigenvalue weighted by Crippen LogP contribution is 2.49. The maximum absolute atomic E-state index is 13.9. The molecule has 0 spiro atoms. The number of aliphatic carboxylic acids is 1. The Bertz CT molecular complexity index is 845. The molecule has 0 heterocycles. The number of carbonyl (C=O) groups is 2. The van der Waals surface area contributed by atoms with Crippen molar-refractivity contribution in [3.8, 4) is 5.75 Å². The Hall–Kier alpha value is -2.89. The van der Waals surface area contributed by atoms with Crippen LogP contribution >= 0.6 is 0 Å². The normalized spacial score (nSPS) is 14.5. The summed E-state index contributed by atoms with van der Waals surface area (Å²) in [6.45, 7) is 1.39. The fourth-order valence-electron chi connectivity index (χ4n) is 2.91. The number of carbonyl (C=O) groups excluding carboxylic acids is 1. The molecule has 1 aliphatic carbocycles. The van der Waals surface area contributed by atoms with Gasteiger partial charge in [0.1, 0.15) is 11.6 Å². The number of anilines is 1. The summed E-state index contributed by atoms with van der Waals surface area (Å²) in [5.74, 6) is -1.04. The van der Waals surface area contributed by atoms with Gasteiger partial charge in [-0.05, 0) is 61.6 Å². The van der Waals surface area contributed by atoms with Crippen molar-refractivity contribution in [3.63, 3.8) is 0 Å². The summed E-state index contributed by atoms with van der Waals surface area (Å²) in [5.41, 5.74) is 1.39. The number of nitrogens with one attached hydrogen (secondary N) is 1. The van der Waals surface area contributed by atoms with E-state index in [1.54, 1.807) is 43.3 Å². The van der Waals surface area contributed by atoms with Crippen LogP contribution in [0.25, 0.3) is 0 Å². The molecule has 0 aliphatic heterocycles. The Kier molecular flexibility index (Phi) is 4.93. The summed E-state index contributed by atoms with van der Waals surface area (Å²) in [6.07, 6.45) is 1.84. The lowest BCUT2D eigenvalue weighted by Crippen LogP contribution is -2.26. The second kappa shape index (κ2) is 7.15. The molecule has 6 heteroatoms. The molecule has 0 atom stereocenters. The third-order valence-corrected chi connectivity index (χ3v) is 4.63. The third-order valence-electron chi connectivity index (χ3n) is 4.63. The molecule has 136 valence electrons. The molecule has 1 saturated carbocycles. The van der Waals surface area contributed by atoms with Crippen molar-refractivity contribution in [2.75, 3.05) is 11.9 Å². The lowest BCUT2D eigenvalue weighted by Gasteiger charge is -2.17. The Morgan fingerprint density at radius 1 is 1.23 bits per heavy atom. The predicted molar refractivity (Wildman–Crippen MR) is 94.7 cm³/mol. The van der Waals surface area contributed by atoms with Crippen molar-refractivity contribution in [3.05, 3.63) is 59.4 Å². The number of aryl methyl sites for hydroxylation is 1. The summed E-state index contributed by atoms with van der Waals surface area (Å²) >= 11 is 0. The van der Waals surface area contributed by atoms with Gasteiger partial charge < -0.3 is 15.2 Å². The molecule has 3 rings (SSSR count). The van der Waals surface area contributed by atoms with Crippen molar-refractivity contribution >= 4 is 17.6 Å². The Labute approximate surface area is 150 Å². The molecule has 0 unspecified atom stereocenters. The van der Waals surface area contributed by atoms with E-state index in [9.17, 15) is 14.0 Å². The Balaban J connectivity index is 1.68. The average Bonchev–Trinajstić information content (AvgIpc) is 3.38. The molecular formula is C20H20FNO4. The summed E-state index contributed by atoms with van der Waals surface area (Å²) in [7, 11) is 0. The summed E-state index contributed by atoms with van der Waals surface area (Å²) in [4.78, 5) is 23.3. The molecule has 0 saturated heterocycles. The largest absolute Gasteiger partial charge is 0.482 e. The number of benzene rings is 2. The van der Waals surface area contributed by atoms with Crippen LogP contribution in [0.15, 0.2) is 42.5 Å². The molecular weight excluding hydrogens is 337 g/mol. The van der Waals surface area contributed by atoms with Gasteiger partial charge in [-0.15, -0.1) is 0 Å². The van der Waals surface area contributed by atoms with Crippen LogP contribution in [0, 0.1) is 18.2 Å². The second-order valence-corrected chi connectivity index (χ2v) is 6.66. The molecule has 26 heavy (non-hydrogen) atoms. The molecule has 1 fully saturated rings. The number of halogens is 1. The highest BCUT2D eigenvalue weighted by molar-refractivity contribution is 5.98. The fraction of sp³-hybridized carbons (Fsp3) is 0.300. The highest BCUT2D eigenvalue weighted by atomic mass is 19.1. The SMILES string of the molecule is Cc1cc(OCC(=O)O)ccc1NC(=O)C1(Cc2ccccc2F)CC1. The minimum atomic E-state index is -1.05. The van der Waals surface area contributed by atoms with Crippen molar-refractivity contribution in [2.45, 2.75) is 26.2 Å². The van der Waals surface area contributed by atoms with E-state index < -0.39 is 18.0 Å². The summed E-state index contributed by atoms with van der Waals surface area (Å²) in [5, 5.41) is 11.6. The summed E-state index contributed by atoms with van der Waals surface area (Å²) in [6, 6.07) is 11.5. The van der Waals surface area contributed by atoms with Crippen LogP contribution in [-0.2, 0) is 16.0 Å². The van der Waals surface area contributed by atoms with Crippen LogP contribution in [0.1, 0.15) is 24.0 Å². The van der Waals surface area contributed by atoms with E-state index in [1.165, 1.54) is 6.07 Å². The van der Waals surface area contributed by atoms with Gasteiger partial charge in [-0.25, -0.2) is 9.18 Å². The first-order chi connectivity index (χ1) is 12.4. The van der Waals surface area contributed by atoms with Gasteiger partial charge in [0.25, 0.3) is 0 Å². The van der Waals surface area contributed by atoms with Crippen LogP contribution in [0.3, 0.4) is 0 Å². The Morgan fingerprint density at radius 2 is 1.96 bits per heavy atom. The van der Waals surface area contributed by atoms with E-state index >= 15 is 0 Å². The minimum Gasteiger partial charge on any atom is -0.482 e. The van der Waals surface area contributed by atoms with Crippen molar-refractivity contribution < 1.29 is 23.8 Å². The quantitative estimate of drug-likeness (QED) is 0.794. The topological polar surface area (TPSA) is 75.6 Å². The first kappa shape index (κ1) is 17.9. The van der Waals surface area contributed by atoms with E-state index in [0.717, 1.165) is 18.4 Å². The van der Waals surface area contributed by atoms with Crippen LogP contribution < -0.4 is 10.1 Å². The number of carboxylic acids is 1. The van der Waals surface area contributed by atoms with Gasteiger partial charge in [0.2, 0.25) is 5.91 Å². The van der Waals surface area contributed by atoms with E-state index in [2.05, 4.69) is 5.32 Å². The number of hydrogen-bond acceptors (Lipinski definition) is 3. The minimum absolute atomic E-state index is 0.122. The molecule has 1 amide bonds. The van der Waals surface area contributed by atoms with Gasteiger partial charge in [-0.3, -0.25) is 4.79 Å². The molecule has 0 radical (unpaired) electrons. The third kappa shape index (κ3) is 4.02. The lowest BCUT2D eigenvalue weighted by molar-refractivity contribution is -0.139. The lowest BCUT2D eigenvalue weighted by atomic mass is 9.95. The van der Waals surface area contributed by atoms with Crippen LogP contribution in [0.5, 0.6) is 5.75 Å². The molecule has 2 aromatic carbocycles. The molecule has 2 N–H and O–H groups in total. The Morgan fingerprint density at radius 3 is 2.58 bits per heavy atom. The zero-order chi connectivity index (χ0) is 18.7. The van der Waals surface area contributed by atoms with E-state index in [-0.39, 0.29) is 11.7 Å². The van der Waals surface area contributed by atoms with Gasteiger partial charge in [-0.1, -0.05) is 18.2 Å². The average molecular weight is 357 g/mol. The van der Waals surface area contributed by atoms with E-state index in [0.29, 0.717) is 23.4 Å². The number of amides is 1. The first-order valence-corrected chi connectivity index (χ1v) is 8.40. The van der Waals surface area contributed by atoms with Gasteiger partial charge >= 0.3 is 5.97 Å². The van der Waals surface area contributed by atoms with E-state index in [1.807, 2.05) is 0 Å². The van der Waals surface area contributed by atoms with Crippen molar-refractivity contribution in [1.82, 2.24) is 0 Å². The highest BCUT2D eigenvalue weighted by Gasteiger charge is 2.50. The summed E-state index contributed by atoms with van der Waals surface area (Å²) < 4.78 is 19.0. The van der Waals surface area contributed by atoms with Crippen LogP contribution in [0.4, 0.5) is 10.1 Å². The van der Waals surface area contributed by atoms with Gasteiger partial charge in [0.15, 0.2) is 6.61 Å². The number of carboxylic acid groups (broad SMARTS) is 1. The molecule has 0 aromatic heterocycles. The predicted octanol–water partition coefficient (Wildman–Crippen LogP) is 3.56. The smallest absolute Gasteiger partial charge is 0.341 e. The van der Waals surface area contributed by atoms with Crippen LogP contribution in [-0.4, -0.2) is 23.6 Å². The molecule has 0 bridgehead atoms. The standard InChI is InChI=1S/C20H20FNO4/c1-13-10-15(26-12-18(23)24)6-7-17(13)22-19(25)20(8-9-20)11-14-4-2-3-5-16(14)21/h2-7,10H,8-9,11-12H2,1H3,(H,22,25)(H,23,24). The van der Waals surface area contributed by atoms with Crippen LogP contribution in [0.2, 0.25) is 0 Å². The second-order valence-electron chi connectivity index (χ2n) is 6.66. The number of rotatable bonds is 7. The zero-order valence-corrected chi connectivity index (χ0v) is 14.4. The fourth-order valence-corrected chi connectivity index (χ4v) is 2.91.